The molecule has 0 heterocycles. The molecule has 1 fully saturated rings. The van der Waals surface area contributed by atoms with E-state index in [0.29, 0.717) is 16.8 Å². The number of rotatable bonds is 4. The van der Waals surface area contributed by atoms with Crippen molar-refractivity contribution in [3.63, 3.8) is 0 Å². The lowest BCUT2D eigenvalue weighted by Crippen LogP contribution is -2.36. The second kappa shape index (κ2) is 6.61. The van der Waals surface area contributed by atoms with Crippen molar-refractivity contribution in [2.75, 3.05) is 6.61 Å². The zero-order chi connectivity index (χ0) is 13.0. The van der Waals surface area contributed by atoms with Crippen molar-refractivity contribution in [3.8, 4) is 5.75 Å². The Bertz CT molecular complexity index is 433. The summed E-state index contributed by atoms with van der Waals surface area (Å²) in [5.41, 5.74) is 0. The van der Waals surface area contributed by atoms with Crippen LogP contribution in [-0.4, -0.2) is 18.6 Å². The van der Waals surface area contributed by atoms with Crippen molar-refractivity contribution in [2.45, 2.75) is 31.7 Å². The predicted octanol–water partition coefficient (Wildman–Crippen LogP) is 3.38. The lowest BCUT2D eigenvalue weighted by atomic mass is 10.2. The van der Waals surface area contributed by atoms with Gasteiger partial charge in [-0.15, -0.1) is 0 Å². The molecule has 18 heavy (non-hydrogen) atoms. The maximum absolute atomic E-state index is 11.7. The van der Waals surface area contributed by atoms with Crippen LogP contribution in [0, 0.1) is 3.57 Å². The van der Waals surface area contributed by atoms with Gasteiger partial charge in [-0.3, -0.25) is 4.79 Å². The molecule has 0 saturated heterocycles. The van der Waals surface area contributed by atoms with Gasteiger partial charge >= 0.3 is 0 Å². The monoisotopic (exact) mass is 379 g/mol. The quantitative estimate of drug-likeness (QED) is 0.815. The Hall–Kier alpha value is -0.490. The molecule has 2 rings (SSSR count). The Balaban J connectivity index is 1.83. The lowest BCUT2D eigenvalue weighted by Gasteiger charge is -2.13. The second-order valence-electron chi connectivity index (χ2n) is 4.41. The molecule has 5 heteroatoms. The van der Waals surface area contributed by atoms with Gasteiger partial charge in [0, 0.05) is 11.1 Å². The Labute approximate surface area is 125 Å². The maximum Gasteiger partial charge on any atom is 0.258 e. The molecule has 1 saturated carbocycles. The number of carbonyl (C=O) groups excluding carboxylic acids is 1. The molecule has 0 unspecified atom stereocenters. The van der Waals surface area contributed by atoms with Crippen LogP contribution < -0.4 is 10.1 Å². The molecule has 1 amide bonds. The molecule has 1 aromatic carbocycles. The van der Waals surface area contributed by atoms with E-state index < -0.39 is 0 Å². The molecule has 1 aliphatic rings. The first-order valence-corrected chi connectivity index (χ1v) is 7.48. The third-order valence-electron chi connectivity index (χ3n) is 2.97. The van der Waals surface area contributed by atoms with E-state index in [4.69, 9.17) is 16.3 Å². The highest BCUT2D eigenvalue weighted by atomic mass is 127. The molecule has 1 aromatic rings. The summed E-state index contributed by atoms with van der Waals surface area (Å²) in [5, 5.41) is 3.60. The predicted molar refractivity (Wildman–Crippen MR) is 80.1 cm³/mol. The SMILES string of the molecule is O=C(COc1cc(Cl)ccc1I)NC1CCCC1. The van der Waals surface area contributed by atoms with Crippen LogP contribution in [0.3, 0.4) is 0 Å². The van der Waals surface area contributed by atoms with Crippen LogP contribution in [0.4, 0.5) is 0 Å². The number of halogens is 2. The van der Waals surface area contributed by atoms with Crippen molar-refractivity contribution >= 4 is 40.1 Å². The van der Waals surface area contributed by atoms with E-state index in [2.05, 4.69) is 27.9 Å². The van der Waals surface area contributed by atoms with Crippen molar-refractivity contribution in [3.05, 3.63) is 26.8 Å². The first-order valence-electron chi connectivity index (χ1n) is 6.02. The number of nitrogens with one attached hydrogen (secondary N) is 1. The highest BCUT2D eigenvalue weighted by Gasteiger charge is 2.17. The molecule has 0 spiro atoms. The van der Waals surface area contributed by atoms with Gasteiger partial charge < -0.3 is 10.1 Å². The van der Waals surface area contributed by atoms with Crippen molar-refractivity contribution in [2.24, 2.45) is 0 Å². The summed E-state index contributed by atoms with van der Waals surface area (Å²) in [6.07, 6.45) is 4.58. The van der Waals surface area contributed by atoms with Crippen LogP contribution in [0.25, 0.3) is 0 Å². The summed E-state index contributed by atoms with van der Waals surface area (Å²) in [7, 11) is 0. The summed E-state index contributed by atoms with van der Waals surface area (Å²) >= 11 is 8.04. The Morgan fingerprint density at radius 1 is 1.44 bits per heavy atom. The van der Waals surface area contributed by atoms with Crippen molar-refractivity contribution in [1.29, 1.82) is 0 Å². The van der Waals surface area contributed by atoms with Gasteiger partial charge in [-0.05, 0) is 53.6 Å². The van der Waals surface area contributed by atoms with E-state index >= 15 is 0 Å². The summed E-state index contributed by atoms with van der Waals surface area (Å²) in [6, 6.07) is 5.73. The fraction of sp³-hybridized carbons (Fsp3) is 0.462. The summed E-state index contributed by atoms with van der Waals surface area (Å²) < 4.78 is 6.44. The summed E-state index contributed by atoms with van der Waals surface area (Å²) in [4.78, 5) is 11.7. The molecule has 0 aromatic heterocycles. The van der Waals surface area contributed by atoms with Gasteiger partial charge in [0.1, 0.15) is 5.75 Å². The molecule has 3 nitrogen and oxygen atoms in total. The van der Waals surface area contributed by atoms with Crippen LogP contribution in [-0.2, 0) is 4.79 Å². The van der Waals surface area contributed by atoms with Crippen molar-refractivity contribution in [1.82, 2.24) is 5.32 Å². The van der Waals surface area contributed by atoms with Gasteiger partial charge in [-0.25, -0.2) is 0 Å². The second-order valence-corrected chi connectivity index (χ2v) is 6.01. The molecular weight excluding hydrogens is 365 g/mol. The zero-order valence-corrected chi connectivity index (χ0v) is 12.8. The van der Waals surface area contributed by atoms with Gasteiger partial charge in [-0.1, -0.05) is 24.4 Å². The molecular formula is C13H15ClINO2. The summed E-state index contributed by atoms with van der Waals surface area (Å²) in [5.74, 6) is 0.599. The average molecular weight is 380 g/mol. The van der Waals surface area contributed by atoms with Gasteiger partial charge in [0.05, 0.1) is 3.57 Å². The molecule has 0 atom stereocenters. The average Bonchev–Trinajstić information content (AvgIpc) is 2.83. The van der Waals surface area contributed by atoms with E-state index in [1.165, 1.54) is 12.8 Å². The lowest BCUT2D eigenvalue weighted by molar-refractivity contribution is -0.123. The number of hydrogen-bond acceptors (Lipinski definition) is 2. The Morgan fingerprint density at radius 3 is 2.89 bits per heavy atom. The van der Waals surface area contributed by atoms with E-state index in [9.17, 15) is 4.79 Å². The Morgan fingerprint density at radius 2 is 2.17 bits per heavy atom. The number of carbonyl (C=O) groups is 1. The smallest absolute Gasteiger partial charge is 0.258 e. The number of hydrogen-bond donors (Lipinski definition) is 1. The summed E-state index contributed by atoms with van der Waals surface area (Å²) in [6.45, 7) is 0.0485. The van der Waals surface area contributed by atoms with Crippen molar-refractivity contribution < 1.29 is 9.53 Å². The van der Waals surface area contributed by atoms with E-state index in [1.807, 2.05) is 6.07 Å². The molecule has 1 N–H and O–H groups in total. The Kier molecular flexibility index (Phi) is 5.12. The minimum absolute atomic E-state index is 0.0485. The molecule has 0 bridgehead atoms. The highest BCUT2D eigenvalue weighted by molar-refractivity contribution is 14.1. The fourth-order valence-electron chi connectivity index (χ4n) is 2.07. The third-order valence-corrected chi connectivity index (χ3v) is 4.10. The minimum atomic E-state index is -0.0577. The number of ether oxygens (including phenoxy) is 1. The maximum atomic E-state index is 11.7. The van der Waals surface area contributed by atoms with E-state index in [-0.39, 0.29) is 12.5 Å². The standard InChI is InChI=1S/C13H15ClINO2/c14-9-5-6-11(15)12(7-9)18-8-13(17)16-10-3-1-2-4-10/h5-7,10H,1-4,8H2,(H,16,17). The van der Waals surface area contributed by atoms with Gasteiger partial charge in [-0.2, -0.15) is 0 Å². The third kappa shape index (κ3) is 4.02. The molecule has 0 aliphatic heterocycles. The van der Waals surface area contributed by atoms with Gasteiger partial charge in [0.2, 0.25) is 0 Å². The largest absolute Gasteiger partial charge is 0.483 e. The number of benzene rings is 1. The minimum Gasteiger partial charge on any atom is -0.483 e. The molecule has 1 aliphatic carbocycles. The highest BCUT2D eigenvalue weighted by Crippen LogP contribution is 2.24. The van der Waals surface area contributed by atoms with Gasteiger partial charge in [0.25, 0.3) is 5.91 Å². The number of amides is 1. The van der Waals surface area contributed by atoms with Crippen LogP contribution in [0.1, 0.15) is 25.7 Å². The fourth-order valence-corrected chi connectivity index (χ4v) is 2.72. The van der Waals surface area contributed by atoms with Gasteiger partial charge in [0.15, 0.2) is 6.61 Å². The van der Waals surface area contributed by atoms with Crippen LogP contribution in [0.5, 0.6) is 5.75 Å². The van der Waals surface area contributed by atoms with Crippen LogP contribution in [0.2, 0.25) is 5.02 Å². The normalized spacial score (nSPS) is 15.7. The van der Waals surface area contributed by atoms with Crippen LogP contribution >= 0.6 is 34.2 Å². The molecule has 98 valence electrons. The first-order chi connectivity index (χ1) is 8.65. The first kappa shape index (κ1) is 13.9. The van der Waals surface area contributed by atoms with E-state index in [1.54, 1.807) is 12.1 Å². The van der Waals surface area contributed by atoms with E-state index in [0.717, 1.165) is 16.4 Å². The topological polar surface area (TPSA) is 38.3 Å². The van der Waals surface area contributed by atoms with Crippen LogP contribution in [0.15, 0.2) is 18.2 Å². The molecule has 0 radical (unpaired) electrons. The zero-order valence-electron chi connectivity index (χ0n) is 9.92.